The van der Waals surface area contributed by atoms with Crippen molar-refractivity contribution in [1.29, 1.82) is 0 Å². The van der Waals surface area contributed by atoms with E-state index in [1.165, 1.54) is 12.1 Å². The summed E-state index contributed by atoms with van der Waals surface area (Å²) < 4.78 is 19.1. The molecule has 0 amide bonds. The highest BCUT2D eigenvalue weighted by Gasteiger charge is 2.12. The number of benzene rings is 3. The van der Waals surface area contributed by atoms with Crippen LogP contribution in [0.1, 0.15) is 27.9 Å². The lowest BCUT2D eigenvalue weighted by Crippen LogP contribution is -2.03. The Kier molecular flexibility index (Phi) is 6.09. The van der Waals surface area contributed by atoms with Crippen LogP contribution < -0.4 is 5.32 Å². The summed E-state index contributed by atoms with van der Waals surface area (Å²) in [6.45, 7) is 8.96. The molecule has 3 aromatic carbocycles. The molecule has 0 radical (unpaired) electrons. The zero-order chi connectivity index (χ0) is 22.5. The monoisotopic (exact) mass is 425 g/mol. The van der Waals surface area contributed by atoms with E-state index < -0.39 is 0 Å². The minimum Gasteiger partial charge on any atom is -0.423 e. The van der Waals surface area contributed by atoms with Crippen LogP contribution in [0.4, 0.5) is 21.8 Å². The number of nitrogens with zero attached hydrogens (tertiary/aromatic N) is 2. The van der Waals surface area contributed by atoms with E-state index >= 15 is 0 Å². The summed E-state index contributed by atoms with van der Waals surface area (Å²) in [4.78, 5) is 20.3. The number of ketones is 1. The lowest BCUT2D eigenvalue weighted by Gasteiger charge is -2.09. The number of hydrogen-bond acceptors (Lipinski definition) is 4. The molecule has 0 atom stereocenters. The van der Waals surface area contributed by atoms with Gasteiger partial charge < -0.3 is 9.73 Å². The van der Waals surface area contributed by atoms with Gasteiger partial charge in [-0.1, -0.05) is 48.5 Å². The summed E-state index contributed by atoms with van der Waals surface area (Å²) in [5.74, 6) is 0.249. The Balaban J connectivity index is 1.46. The van der Waals surface area contributed by atoms with E-state index in [9.17, 15) is 9.18 Å². The summed E-state index contributed by atoms with van der Waals surface area (Å²) in [6.07, 6.45) is 2.37. The van der Waals surface area contributed by atoms with Crippen molar-refractivity contribution in [1.82, 2.24) is 4.98 Å². The van der Waals surface area contributed by atoms with Gasteiger partial charge in [0, 0.05) is 23.2 Å². The number of aromatic nitrogens is 1. The lowest BCUT2D eigenvalue weighted by molar-refractivity contribution is 0.0983. The predicted molar refractivity (Wildman–Crippen MR) is 122 cm³/mol. The highest BCUT2D eigenvalue weighted by molar-refractivity contribution is 5.97. The van der Waals surface area contributed by atoms with E-state index in [-0.39, 0.29) is 18.0 Å². The first-order chi connectivity index (χ1) is 15.5. The number of rotatable bonds is 7. The average Bonchev–Trinajstić information content (AvgIpc) is 3.27. The SMILES string of the molecule is [C-]#[N+]c1ccc(-c2cnc(Nc3cc(C(=O)CCc4cccc(F)c4)ccc3C)o2)cc1. The highest BCUT2D eigenvalue weighted by Crippen LogP contribution is 2.28. The standard InChI is InChI=1S/C26H20FN3O2/c1-17-6-8-20(24(31)13-7-18-4-3-5-21(27)14-18)15-23(17)30-26-29-16-25(32-26)19-9-11-22(28-2)12-10-19/h3-6,8-12,14-16H,7,13H2,1H3,(H,29,30). The third kappa shape index (κ3) is 4.90. The molecule has 1 N–H and O–H groups in total. The average molecular weight is 425 g/mol. The van der Waals surface area contributed by atoms with Crippen LogP contribution in [-0.4, -0.2) is 10.8 Å². The topological polar surface area (TPSA) is 59.5 Å². The molecule has 0 bridgehead atoms. The van der Waals surface area contributed by atoms with E-state index in [0.29, 0.717) is 29.4 Å². The van der Waals surface area contributed by atoms with Crippen LogP contribution in [-0.2, 0) is 6.42 Å². The maximum absolute atomic E-state index is 13.3. The van der Waals surface area contributed by atoms with E-state index in [0.717, 1.165) is 22.4 Å². The van der Waals surface area contributed by atoms with Crippen LogP contribution in [0.3, 0.4) is 0 Å². The van der Waals surface area contributed by atoms with Crippen molar-refractivity contribution >= 4 is 23.2 Å². The molecular weight excluding hydrogens is 405 g/mol. The minimum atomic E-state index is -0.301. The van der Waals surface area contributed by atoms with Crippen molar-refractivity contribution in [3.05, 3.63) is 107 Å². The van der Waals surface area contributed by atoms with Crippen LogP contribution in [0.5, 0.6) is 0 Å². The second-order valence-corrected chi connectivity index (χ2v) is 7.40. The Bertz CT molecular complexity index is 1300. The first-order valence-corrected chi connectivity index (χ1v) is 10.1. The summed E-state index contributed by atoms with van der Waals surface area (Å²) in [5.41, 5.74) is 4.39. The molecule has 0 spiro atoms. The molecule has 0 fully saturated rings. The van der Waals surface area contributed by atoms with Crippen molar-refractivity contribution in [3.8, 4) is 11.3 Å². The largest absolute Gasteiger partial charge is 0.423 e. The highest BCUT2D eigenvalue weighted by atomic mass is 19.1. The molecule has 0 aliphatic rings. The van der Waals surface area contributed by atoms with E-state index in [2.05, 4.69) is 15.1 Å². The van der Waals surface area contributed by atoms with Gasteiger partial charge in [0.15, 0.2) is 17.2 Å². The molecule has 32 heavy (non-hydrogen) atoms. The fourth-order valence-corrected chi connectivity index (χ4v) is 3.31. The number of anilines is 2. The molecule has 0 saturated heterocycles. The fraction of sp³-hybridized carbons (Fsp3) is 0.115. The molecule has 0 aliphatic carbocycles. The molecule has 0 unspecified atom stereocenters. The summed E-state index contributed by atoms with van der Waals surface area (Å²) >= 11 is 0. The van der Waals surface area contributed by atoms with Crippen molar-refractivity contribution in [3.63, 3.8) is 0 Å². The van der Waals surface area contributed by atoms with Gasteiger partial charge in [-0.05, 0) is 42.7 Å². The molecule has 4 rings (SSSR count). The first kappa shape index (κ1) is 21.0. The van der Waals surface area contributed by atoms with Crippen molar-refractivity contribution < 1.29 is 13.6 Å². The van der Waals surface area contributed by atoms with Gasteiger partial charge in [-0.15, -0.1) is 0 Å². The summed E-state index contributed by atoms with van der Waals surface area (Å²) in [6, 6.07) is 19.1. The van der Waals surface area contributed by atoms with E-state index in [1.54, 1.807) is 48.7 Å². The third-order valence-electron chi connectivity index (χ3n) is 5.12. The van der Waals surface area contributed by atoms with Gasteiger partial charge >= 0.3 is 0 Å². The lowest BCUT2D eigenvalue weighted by atomic mass is 10.0. The third-order valence-corrected chi connectivity index (χ3v) is 5.12. The number of Topliss-reactive ketones (excluding diaryl/α,β-unsaturated/α-hetero) is 1. The molecular formula is C26H20FN3O2. The van der Waals surface area contributed by atoms with Gasteiger partial charge in [0.2, 0.25) is 0 Å². The second kappa shape index (κ2) is 9.27. The van der Waals surface area contributed by atoms with Gasteiger partial charge in [-0.25, -0.2) is 14.2 Å². The zero-order valence-corrected chi connectivity index (χ0v) is 17.4. The van der Waals surface area contributed by atoms with Gasteiger partial charge in [-0.3, -0.25) is 4.79 Å². The maximum atomic E-state index is 13.3. The molecule has 1 aromatic heterocycles. The molecule has 1 heterocycles. The Morgan fingerprint density at radius 3 is 2.69 bits per heavy atom. The zero-order valence-electron chi connectivity index (χ0n) is 17.4. The van der Waals surface area contributed by atoms with Gasteiger partial charge in [0.1, 0.15) is 5.82 Å². The van der Waals surface area contributed by atoms with Gasteiger partial charge in [-0.2, -0.15) is 0 Å². The molecule has 0 aliphatic heterocycles. The predicted octanol–water partition coefficient (Wildman–Crippen LogP) is 6.90. The van der Waals surface area contributed by atoms with Crippen molar-refractivity contribution in [2.75, 3.05) is 5.32 Å². The van der Waals surface area contributed by atoms with Crippen LogP contribution in [0.25, 0.3) is 16.2 Å². The van der Waals surface area contributed by atoms with Crippen LogP contribution in [0.15, 0.2) is 77.3 Å². The van der Waals surface area contributed by atoms with Crippen LogP contribution in [0.2, 0.25) is 0 Å². The Morgan fingerprint density at radius 1 is 1.12 bits per heavy atom. The second-order valence-electron chi connectivity index (χ2n) is 7.40. The molecule has 6 heteroatoms. The van der Waals surface area contributed by atoms with Crippen LogP contribution in [0, 0.1) is 19.3 Å². The fourth-order valence-electron chi connectivity index (χ4n) is 3.31. The van der Waals surface area contributed by atoms with Crippen molar-refractivity contribution in [2.24, 2.45) is 0 Å². The smallest absolute Gasteiger partial charge is 0.299 e. The summed E-state index contributed by atoms with van der Waals surface area (Å²) in [7, 11) is 0. The maximum Gasteiger partial charge on any atom is 0.299 e. The first-order valence-electron chi connectivity index (χ1n) is 10.1. The Labute approximate surface area is 185 Å². The quantitative estimate of drug-likeness (QED) is 0.258. The number of carbonyl (C=O) groups is 1. The van der Waals surface area contributed by atoms with Gasteiger partial charge in [0.05, 0.1) is 12.8 Å². The molecule has 4 aromatic rings. The summed E-state index contributed by atoms with van der Waals surface area (Å²) in [5, 5.41) is 3.13. The number of nitrogens with one attached hydrogen (secondary N) is 1. The number of aryl methyl sites for hydroxylation is 2. The number of hydrogen-bond donors (Lipinski definition) is 1. The minimum absolute atomic E-state index is 0.0229. The molecule has 0 saturated carbocycles. The van der Waals surface area contributed by atoms with E-state index in [1.807, 2.05) is 19.1 Å². The van der Waals surface area contributed by atoms with Crippen molar-refractivity contribution in [2.45, 2.75) is 19.8 Å². The Morgan fingerprint density at radius 2 is 1.94 bits per heavy atom. The Hall–Kier alpha value is -4.24. The number of halogens is 1. The van der Waals surface area contributed by atoms with Crippen LogP contribution >= 0.6 is 0 Å². The number of carbonyl (C=O) groups excluding carboxylic acids is 1. The van der Waals surface area contributed by atoms with Gasteiger partial charge in [0.25, 0.3) is 6.01 Å². The number of oxazole rings is 1. The van der Waals surface area contributed by atoms with E-state index in [4.69, 9.17) is 11.0 Å². The molecule has 158 valence electrons. The normalized spacial score (nSPS) is 10.5. The molecule has 5 nitrogen and oxygen atoms in total.